The fraction of sp³-hybridized carbons (Fsp3) is 0.500. The first-order valence-electron chi connectivity index (χ1n) is 11.7. The van der Waals surface area contributed by atoms with E-state index < -0.39 is 0 Å². The molecule has 5 heteroatoms. The van der Waals surface area contributed by atoms with Crippen LogP contribution < -0.4 is 10.4 Å². The number of hydrogen-bond donors (Lipinski definition) is 1. The van der Waals surface area contributed by atoms with Gasteiger partial charge in [0.2, 0.25) is 0 Å². The van der Waals surface area contributed by atoms with E-state index in [0.717, 1.165) is 43.2 Å². The predicted molar refractivity (Wildman–Crippen MR) is 134 cm³/mol. The molecular weight excluding hydrogens is 381 g/mol. The van der Waals surface area contributed by atoms with Crippen LogP contribution in [-0.4, -0.2) is 42.2 Å². The van der Waals surface area contributed by atoms with Gasteiger partial charge in [0.25, 0.3) is 0 Å². The molecule has 0 amide bonds. The Kier molecular flexibility index (Phi) is 6.16. The first-order valence-corrected chi connectivity index (χ1v) is 11.7. The Morgan fingerprint density at radius 1 is 1.03 bits per heavy atom. The van der Waals surface area contributed by atoms with Crippen molar-refractivity contribution < 1.29 is 5.11 Å². The summed E-state index contributed by atoms with van der Waals surface area (Å²) < 4.78 is 2.39. The van der Waals surface area contributed by atoms with Crippen molar-refractivity contribution in [2.45, 2.75) is 60.3 Å². The number of rotatable bonds is 5. The molecule has 1 aliphatic heterocycles. The monoisotopic (exact) mass is 417 g/mol. The Balaban J connectivity index is 1.82. The molecule has 0 unspecified atom stereocenters. The molecule has 0 radical (unpaired) electrons. The van der Waals surface area contributed by atoms with Gasteiger partial charge in [-0.1, -0.05) is 17.6 Å². The normalized spacial score (nSPS) is 15.2. The van der Waals surface area contributed by atoms with E-state index in [1.807, 2.05) is 0 Å². The molecule has 1 saturated heterocycles. The van der Waals surface area contributed by atoms with Gasteiger partial charge in [-0.3, -0.25) is 4.57 Å². The van der Waals surface area contributed by atoms with Gasteiger partial charge >= 0.3 is 0 Å². The lowest BCUT2D eigenvalue weighted by atomic mass is 9.91. The minimum Gasteiger partial charge on any atom is -0.396 e. The Bertz CT molecular complexity index is 1090. The van der Waals surface area contributed by atoms with Crippen LogP contribution in [0.2, 0.25) is 0 Å². The van der Waals surface area contributed by atoms with E-state index in [2.05, 4.69) is 70.1 Å². The lowest BCUT2D eigenvalue weighted by Crippen LogP contribution is -2.34. The summed E-state index contributed by atoms with van der Waals surface area (Å²) in [5.74, 6) is 0.743. The third-order valence-electron chi connectivity index (χ3n) is 7.16. The maximum absolute atomic E-state index is 9.16. The van der Waals surface area contributed by atoms with E-state index in [0.29, 0.717) is 6.61 Å². The van der Waals surface area contributed by atoms with Crippen molar-refractivity contribution >= 4 is 30.0 Å². The molecule has 1 fully saturated rings. The molecule has 31 heavy (non-hydrogen) atoms. The number of benzene rings is 1. The van der Waals surface area contributed by atoms with Crippen LogP contribution in [0, 0.1) is 40.5 Å². The summed E-state index contributed by atoms with van der Waals surface area (Å²) >= 11 is 0. The van der Waals surface area contributed by atoms with Gasteiger partial charge in [-0.05, 0) is 89.0 Å². The number of nitrogens with zero attached hydrogens (tertiary/aromatic N) is 3. The molecule has 1 aliphatic rings. The lowest BCUT2D eigenvalue weighted by Gasteiger charge is -2.34. The summed E-state index contributed by atoms with van der Waals surface area (Å²) in [6.45, 7) is 13.5. The molecular formula is C26H36BN3O. The van der Waals surface area contributed by atoms with Gasteiger partial charge in [-0.25, -0.2) is 4.98 Å². The van der Waals surface area contributed by atoms with Crippen molar-refractivity contribution in [3.63, 3.8) is 0 Å². The maximum Gasteiger partial charge on any atom is 0.147 e. The van der Waals surface area contributed by atoms with Crippen molar-refractivity contribution in [1.29, 1.82) is 0 Å². The number of aliphatic hydroxyl groups is 1. The van der Waals surface area contributed by atoms with Crippen molar-refractivity contribution in [2.75, 3.05) is 24.6 Å². The topological polar surface area (TPSA) is 41.3 Å². The molecule has 4 rings (SSSR count). The van der Waals surface area contributed by atoms with E-state index in [4.69, 9.17) is 10.1 Å². The summed E-state index contributed by atoms with van der Waals surface area (Å²) in [6, 6.07) is 6.83. The molecule has 1 aromatic carbocycles. The molecule has 3 heterocycles. The number of fused-ring (bicyclic) bond motifs is 1. The van der Waals surface area contributed by atoms with Crippen LogP contribution in [0.3, 0.4) is 0 Å². The highest BCUT2D eigenvalue weighted by atomic mass is 16.2. The minimum atomic E-state index is 0.314. The largest absolute Gasteiger partial charge is 0.396 e. The van der Waals surface area contributed by atoms with Crippen molar-refractivity contribution in [3.8, 4) is 5.69 Å². The van der Waals surface area contributed by atoms with Gasteiger partial charge in [-0.15, -0.1) is 0 Å². The quantitative estimate of drug-likeness (QED) is 0.642. The highest BCUT2D eigenvalue weighted by Gasteiger charge is 2.25. The van der Waals surface area contributed by atoms with Crippen LogP contribution >= 0.6 is 0 Å². The van der Waals surface area contributed by atoms with Crippen molar-refractivity contribution in [1.82, 2.24) is 9.55 Å². The number of pyridine rings is 1. The summed E-state index contributed by atoms with van der Waals surface area (Å²) in [5, 5.41) is 10.5. The standard InChI is InChI=1S/C26H36BN3O/c1-16-13-22(27)14-17(2)25(16)30-20(5)19(4)24-23(15-18(3)28-26(24)30)29-10-8-21(9-11-29)7-6-12-31/h13-15,21,31H,6-12,27H2,1-5H3. The Morgan fingerprint density at radius 3 is 2.29 bits per heavy atom. The highest BCUT2D eigenvalue weighted by molar-refractivity contribution is 6.32. The molecule has 4 nitrogen and oxygen atoms in total. The Morgan fingerprint density at radius 2 is 1.68 bits per heavy atom. The van der Waals surface area contributed by atoms with Gasteiger partial charge in [-0.2, -0.15) is 0 Å². The lowest BCUT2D eigenvalue weighted by molar-refractivity contribution is 0.261. The first kappa shape index (κ1) is 21.9. The van der Waals surface area contributed by atoms with Crippen LogP contribution in [0.25, 0.3) is 16.7 Å². The van der Waals surface area contributed by atoms with Crippen LogP contribution in [-0.2, 0) is 0 Å². The molecule has 0 aliphatic carbocycles. The van der Waals surface area contributed by atoms with Crippen LogP contribution in [0.4, 0.5) is 5.69 Å². The van der Waals surface area contributed by atoms with Crippen molar-refractivity contribution in [3.05, 3.63) is 46.3 Å². The van der Waals surface area contributed by atoms with E-state index in [1.165, 1.54) is 57.4 Å². The SMILES string of the molecule is Bc1cc(C)c(-n2c(C)c(C)c3c(N4CCC(CCCO)CC4)cc(C)nc32)c(C)c1. The zero-order valence-electron chi connectivity index (χ0n) is 20.0. The summed E-state index contributed by atoms with van der Waals surface area (Å²) in [4.78, 5) is 7.63. The molecule has 3 aromatic rings. The zero-order chi connectivity index (χ0) is 22.3. The molecule has 0 spiro atoms. The van der Waals surface area contributed by atoms with Gasteiger partial charge in [0.1, 0.15) is 13.5 Å². The smallest absolute Gasteiger partial charge is 0.147 e. The van der Waals surface area contributed by atoms with Crippen molar-refractivity contribution in [2.24, 2.45) is 5.92 Å². The third-order valence-corrected chi connectivity index (χ3v) is 7.16. The molecule has 2 aromatic heterocycles. The fourth-order valence-electron chi connectivity index (χ4n) is 5.56. The number of anilines is 1. The Hall–Kier alpha value is -2.27. The second-order valence-electron chi connectivity index (χ2n) is 9.57. The maximum atomic E-state index is 9.16. The van der Waals surface area contributed by atoms with Crippen LogP contribution in [0.15, 0.2) is 18.2 Å². The first-order chi connectivity index (χ1) is 14.8. The zero-order valence-corrected chi connectivity index (χ0v) is 20.0. The summed E-state index contributed by atoms with van der Waals surface area (Å²) in [6.07, 6.45) is 4.49. The second kappa shape index (κ2) is 8.70. The predicted octanol–water partition coefficient (Wildman–Crippen LogP) is 3.81. The van der Waals surface area contributed by atoms with Gasteiger partial charge in [0.05, 0.1) is 5.69 Å². The average molecular weight is 417 g/mol. The summed E-state index contributed by atoms with van der Waals surface area (Å²) in [7, 11) is 2.17. The van der Waals surface area contributed by atoms with E-state index in [-0.39, 0.29) is 0 Å². The van der Waals surface area contributed by atoms with Crippen LogP contribution in [0.5, 0.6) is 0 Å². The van der Waals surface area contributed by atoms with Gasteiger partial charge in [0.15, 0.2) is 0 Å². The number of hydrogen-bond acceptors (Lipinski definition) is 3. The minimum absolute atomic E-state index is 0.314. The molecule has 0 atom stereocenters. The van der Waals surface area contributed by atoms with Gasteiger partial charge in [0, 0.05) is 42.2 Å². The molecule has 1 N–H and O–H groups in total. The third kappa shape index (κ3) is 4.00. The number of piperidine rings is 1. The highest BCUT2D eigenvalue weighted by Crippen LogP contribution is 2.38. The van der Waals surface area contributed by atoms with Crippen LogP contribution in [0.1, 0.15) is 53.8 Å². The molecule has 164 valence electrons. The average Bonchev–Trinajstić information content (AvgIpc) is 2.96. The Labute approximate surface area is 187 Å². The molecule has 0 saturated carbocycles. The van der Waals surface area contributed by atoms with Gasteiger partial charge < -0.3 is 10.0 Å². The van der Waals surface area contributed by atoms with E-state index >= 15 is 0 Å². The van der Waals surface area contributed by atoms with E-state index in [1.54, 1.807) is 0 Å². The molecule has 0 bridgehead atoms. The number of aromatic nitrogens is 2. The summed E-state index contributed by atoms with van der Waals surface area (Å²) in [5.41, 5.74) is 11.3. The fourth-order valence-corrected chi connectivity index (χ4v) is 5.56. The number of aryl methyl sites for hydroxylation is 4. The second-order valence-corrected chi connectivity index (χ2v) is 9.57. The number of aliphatic hydroxyl groups excluding tert-OH is 1. The van der Waals surface area contributed by atoms with E-state index in [9.17, 15) is 0 Å².